The standard InChI is InChI=1S/C18H19FN2O5S/c1-11-4-9-15(27(3,24)25)10-16(11)18(23)21-20-17(22)12(2)26-14-7-5-13(19)6-8-14/h4-10,12H,1-3H3,(H,20,22)(H,21,23)/t12-/m0/s1. The molecule has 0 fully saturated rings. The highest BCUT2D eigenvalue weighted by molar-refractivity contribution is 7.90. The number of sulfone groups is 1. The molecule has 0 saturated heterocycles. The van der Waals surface area contributed by atoms with E-state index in [1.807, 2.05) is 0 Å². The maximum absolute atomic E-state index is 12.9. The van der Waals surface area contributed by atoms with Crippen LogP contribution in [0, 0.1) is 12.7 Å². The summed E-state index contributed by atoms with van der Waals surface area (Å²) in [5.74, 6) is -1.44. The first-order chi connectivity index (χ1) is 12.6. The molecule has 2 aromatic carbocycles. The number of carbonyl (C=O) groups is 2. The average molecular weight is 394 g/mol. The molecule has 144 valence electrons. The van der Waals surface area contributed by atoms with Gasteiger partial charge in [-0.15, -0.1) is 0 Å². The summed E-state index contributed by atoms with van der Waals surface area (Å²) >= 11 is 0. The van der Waals surface area contributed by atoms with Crippen molar-refractivity contribution in [2.75, 3.05) is 6.26 Å². The van der Waals surface area contributed by atoms with Crippen LogP contribution in [0.1, 0.15) is 22.8 Å². The third-order valence-corrected chi connectivity index (χ3v) is 4.79. The molecule has 0 aromatic heterocycles. The van der Waals surface area contributed by atoms with Crippen LogP contribution < -0.4 is 15.6 Å². The van der Waals surface area contributed by atoms with Crippen LogP contribution in [0.25, 0.3) is 0 Å². The molecular weight excluding hydrogens is 375 g/mol. The van der Waals surface area contributed by atoms with Gasteiger partial charge < -0.3 is 4.74 Å². The van der Waals surface area contributed by atoms with Gasteiger partial charge in [-0.3, -0.25) is 20.4 Å². The summed E-state index contributed by atoms with van der Waals surface area (Å²) in [6.07, 6.45) is 0.0782. The van der Waals surface area contributed by atoms with Gasteiger partial charge in [0.05, 0.1) is 4.90 Å². The van der Waals surface area contributed by atoms with E-state index in [1.54, 1.807) is 6.92 Å². The summed E-state index contributed by atoms with van der Waals surface area (Å²) in [6, 6.07) is 9.28. The second-order valence-electron chi connectivity index (χ2n) is 5.91. The molecule has 0 heterocycles. The number of benzene rings is 2. The van der Waals surface area contributed by atoms with Crippen molar-refractivity contribution < 1.29 is 27.1 Å². The smallest absolute Gasteiger partial charge is 0.279 e. The van der Waals surface area contributed by atoms with Crippen LogP contribution in [0.4, 0.5) is 4.39 Å². The molecule has 0 unspecified atom stereocenters. The number of hydrazine groups is 1. The molecule has 0 spiro atoms. The predicted molar refractivity (Wildman–Crippen MR) is 96.4 cm³/mol. The zero-order chi connectivity index (χ0) is 20.2. The van der Waals surface area contributed by atoms with E-state index in [0.29, 0.717) is 11.3 Å². The van der Waals surface area contributed by atoms with E-state index >= 15 is 0 Å². The molecule has 0 saturated carbocycles. The summed E-state index contributed by atoms with van der Waals surface area (Å²) in [5.41, 5.74) is 5.09. The van der Waals surface area contributed by atoms with E-state index in [1.165, 1.54) is 49.4 Å². The molecule has 1 atom stereocenters. The number of carbonyl (C=O) groups excluding carboxylic acids is 2. The highest BCUT2D eigenvalue weighted by atomic mass is 32.2. The van der Waals surface area contributed by atoms with Gasteiger partial charge in [0.15, 0.2) is 15.9 Å². The highest BCUT2D eigenvalue weighted by Crippen LogP contribution is 2.16. The van der Waals surface area contributed by atoms with Crippen LogP contribution in [-0.4, -0.2) is 32.6 Å². The van der Waals surface area contributed by atoms with E-state index in [4.69, 9.17) is 4.74 Å². The predicted octanol–water partition coefficient (Wildman–Crippen LogP) is 1.77. The lowest BCUT2D eigenvalue weighted by atomic mass is 10.1. The second kappa shape index (κ2) is 8.17. The molecule has 0 aliphatic carbocycles. The Hall–Kier alpha value is -2.94. The molecule has 0 aliphatic heterocycles. The van der Waals surface area contributed by atoms with Gasteiger partial charge in [0, 0.05) is 11.8 Å². The first-order valence-electron chi connectivity index (χ1n) is 7.91. The number of hydrogen-bond donors (Lipinski definition) is 2. The number of nitrogens with one attached hydrogen (secondary N) is 2. The van der Waals surface area contributed by atoms with Gasteiger partial charge in [-0.1, -0.05) is 6.07 Å². The minimum atomic E-state index is -3.47. The Kier molecular flexibility index (Phi) is 6.17. The number of aryl methyl sites for hydroxylation is 1. The van der Waals surface area contributed by atoms with Gasteiger partial charge >= 0.3 is 0 Å². The normalized spacial score (nSPS) is 12.1. The average Bonchev–Trinajstić information content (AvgIpc) is 2.60. The van der Waals surface area contributed by atoms with E-state index < -0.39 is 33.6 Å². The Balaban J connectivity index is 2.00. The summed E-state index contributed by atoms with van der Waals surface area (Å²) in [7, 11) is -3.47. The van der Waals surface area contributed by atoms with Crippen molar-refractivity contribution in [3.8, 4) is 5.75 Å². The van der Waals surface area contributed by atoms with E-state index in [-0.39, 0.29) is 10.5 Å². The number of rotatable bonds is 5. The van der Waals surface area contributed by atoms with Crippen LogP contribution in [0.15, 0.2) is 47.4 Å². The largest absolute Gasteiger partial charge is 0.481 e. The van der Waals surface area contributed by atoms with Crippen molar-refractivity contribution in [2.24, 2.45) is 0 Å². The van der Waals surface area contributed by atoms with Gasteiger partial charge in [0.2, 0.25) is 0 Å². The Morgan fingerprint density at radius 3 is 2.30 bits per heavy atom. The van der Waals surface area contributed by atoms with Crippen LogP contribution >= 0.6 is 0 Å². The Labute approximate surface area is 156 Å². The van der Waals surface area contributed by atoms with Gasteiger partial charge in [0.1, 0.15) is 11.6 Å². The summed E-state index contributed by atoms with van der Waals surface area (Å²) < 4.78 is 41.5. The lowest BCUT2D eigenvalue weighted by molar-refractivity contribution is -0.128. The first-order valence-corrected chi connectivity index (χ1v) is 9.80. The molecule has 2 aromatic rings. The maximum Gasteiger partial charge on any atom is 0.279 e. The minimum absolute atomic E-state index is 0.00223. The Bertz CT molecular complexity index is 958. The van der Waals surface area contributed by atoms with Crippen LogP contribution in [0.5, 0.6) is 5.75 Å². The van der Waals surface area contributed by atoms with E-state index in [0.717, 1.165) is 6.26 Å². The molecule has 9 heteroatoms. The number of ether oxygens (including phenoxy) is 1. The zero-order valence-corrected chi connectivity index (χ0v) is 15.8. The summed E-state index contributed by atoms with van der Waals surface area (Å²) in [6.45, 7) is 3.10. The molecule has 0 radical (unpaired) electrons. The van der Waals surface area contributed by atoms with Crippen molar-refractivity contribution in [3.05, 3.63) is 59.4 Å². The zero-order valence-electron chi connectivity index (χ0n) is 14.9. The van der Waals surface area contributed by atoms with Crippen LogP contribution in [0.2, 0.25) is 0 Å². The van der Waals surface area contributed by atoms with Gasteiger partial charge in [-0.05, 0) is 55.8 Å². The van der Waals surface area contributed by atoms with Crippen molar-refractivity contribution in [1.82, 2.24) is 10.9 Å². The van der Waals surface area contributed by atoms with Gasteiger partial charge in [0.25, 0.3) is 11.8 Å². The highest BCUT2D eigenvalue weighted by Gasteiger charge is 2.18. The topological polar surface area (TPSA) is 102 Å². The van der Waals surface area contributed by atoms with Crippen molar-refractivity contribution in [1.29, 1.82) is 0 Å². The van der Waals surface area contributed by atoms with Crippen molar-refractivity contribution >= 4 is 21.7 Å². The summed E-state index contributed by atoms with van der Waals surface area (Å²) in [4.78, 5) is 24.3. The molecule has 27 heavy (non-hydrogen) atoms. The van der Waals surface area contributed by atoms with Crippen molar-refractivity contribution in [3.63, 3.8) is 0 Å². The second-order valence-corrected chi connectivity index (χ2v) is 7.92. The van der Waals surface area contributed by atoms with E-state index in [9.17, 15) is 22.4 Å². The lowest BCUT2D eigenvalue weighted by Gasteiger charge is -2.15. The van der Waals surface area contributed by atoms with Crippen molar-refractivity contribution in [2.45, 2.75) is 24.8 Å². The molecular formula is C18H19FN2O5S. The third kappa shape index (κ3) is 5.52. The summed E-state index contributed by atoms with van der Waals surface area (Å²) in [5, 5.41) is 0. The Morgan fingerprint density at radius 2 is 1.70 bits per heavy atom. The fourth-order valence-electron chi connectivity index (χ4n) is 2.13. The monoisotopic (exact) mass is 394 g/mol. The van der Waals surface area contributed by atoms with Gasteiger partial charge in [-0.25, -0.2) is 12.8 Å². The molecule has 2 N–H and O–H groups in total. The molecule has 2 amide bonds. The minimum Gasteiger partial charge on any atom is -0.481 e. The molecule has 0 aliphatic rings. The number of halogens is 1. The van der Waals surface area contributed by atoms with Crippen LogP contribution in [-0.2, 0) is 14.6 Å². The molecule has 7 nitrogen and oxygen atoms in total. The molecule has 2 rings (SSSR count). The molecule has 0 bridgehead atoms. The Morgan fingerprint density at radius 1 is 1.07 bits per heavy atom. The number of amides is 2. The third-order valence-electron chi connectivity index (χ3n) is 3.68. The van der Waals surface area contributed by atoms with E-state index in [2.05, 4.69) is 10.9 Å². The van der Waals surface area contributed by atoms with Gasteiger partial charge in [-0.2, -0.15) is 0 Å². The number of hydrogen-bond acceptors (Lipinski definition) is 5. The first kappa shape index (κ1) is 20.4. The SMILES string of the molecule is Cc1ccc(S(C)(=O)=O)cc1C(=O)NNC(=O)[C@H](C)Oc1ccc(F)cc1. The lowest BCUT2D eigenvalue weighted by Crippen LogP contribution is -2.47. The van der Waals surface area contributed by atoms with Crippen LogP contribution in [0.3, 0.4) is 0 Å². The quantitative estimate of drug-likeness (QED) is 0.753. The fraction of sp³-hybridized carbons (Fsp3) is 0.222. The maximum atomic E-state index is 12.9. The fourth-order valence-corrected chi connectivity index (χ4v) is 2.78.